The lowest BCUT2D eigenvalue weighted by Crippen LogP contribution is -2.65. The fourth-order valence-corrected chi connectivity index (χ4v) is 12.8. The first-order valence-corrected chi connectivity index (χ1v) is 22.2. The predicted molar refractivity (Wildman–Crippen MR) is 196 cm³/mol. The van der Waals surface area contributed by atoms with E-state index in [-0.39, 0.29) is 9.41 Å². The van der Waals surface area contributed by atoms with Gasteiger partial charge in [-0.3, -0.25) is 0 Å². The van der Waals surface area contributed by atoms with E-state index < -0.39 is 11.4 Å². The number of thioether (sulfide) groups is 1. The summed E-state index contributed by atoms with van der Waals surface area (Å²) in [5.74, 6) is 0. The maximum Gasteiger partial charge on any atom is 0.133 e. The van der Waals surface area contributed by atoms with E-state index in [2.05, 4.69) is 37.7 Å². The van der Waals surface area contributed by atoms with Crippen LogP contribution < -0.4 is 0 Å². The molecule has 2 N–H and O–H groups in total. The van der Waals surface area contributed by atoms with Crippen molar-refractivity contribution in [1.29, 1.82) is 0 Å². The Bertz CT molecular complexity index is 584. The maximum atomic E-state index is 12.6. The van der Waals surface area contributed by atoms with Gasteiger partial charge in [0.05, 0.1) is 0 Å². The van der Waals surface area contributed by atoms with Crippen LogP contribution >= 0.6 is 33.3 Å². The van der Waals surface area contributed by atoms with E-state index in [1.54, 1.807) is 0 Å². The molecule has 0 aromatic heterocycles. The first kappa shape index (κ1) is 40.1. The molecule has 2 bridgehead atoms. The molecule has 2 rings (SSSR count). The molecule has 2 aliphatic heterocycles. The van der Waals surface area contributed by atoms with Gasteiger partial charge < -0.3 is 10.2 Å². The van der Waals surface area contributed by atoms with Crippen molar-refractivity contribution in [3.8, 4) is 0 Å². The third kappa shape index (κ3) is 14.7. The molecule has 2 saturated heterocycles. The molecule has 2 heterocycles. The highest BCUT2D eigenvalue weighted by molar-refractivity contribution is 8.83. The molecule has 0 spiro atoms. The van der Waals surface area contributed by atoms with Gasteiger partial charge in [-0.25, -0.2) is 0 Å². The van der Waals surface area contributed by atoms with Crippen molar-refractivity contribution in [1.82, 2.24) is 10.0 Å². The number of rotatable bonds is 30. The average molecular weight is 661 g/mol. The van der Waals surface area contributed by atoms with Gasteiger partial charge in [-0.1, -0.05) is 189 Å². The Morgan fingerprint density at radius 2 is 0.628 bits per heavy atom. The van der Waals surface area contributed by atoms with Crippen LogP contribution in [0, 0.1) is 0 Å². The topological polar surface area (TPSA) is 46.9 Å². The van der Waals surface area contributed by atoms with Gasteiger partial charge >= 0.3 is 0 Å². The number of hydrazine groups is 1. The zero-order valence-electron chi connectivity index (χ0n) is 29.0. The zero-order chi connectivity index (χ0) is 31.2. The molecule has 2 fully saturated rings. The van der Waals surface area contributed by atoms with Crippen LogP contribution in [0.5, 0.6) is 0 Å². The molecule has 4 nitrogen and oxygen atoms in total. The van der Waals surface area contributed by atoms with Gasteiger partial charge in [-0.05, 0) is 51.4 Å². The molecule has 2 aliphatic rings. The Balaban J connectivity index is 2.18. The zero-order valence-corrected chi connectivity index (χ0v) is 31.4. The van der Waals surface area contributed by atoms with E-state index in [0.29, 0.717) is 0 Å². The van der Waals surface area contributed by atoms with Crippen LogP contribution in [-0.2, 0) is 0 Å². The van der Waals surface area contributed by atoms with Crippen LogP contribution in [0.4, 0.5) is 0 Å². The molecule has 256 valence electrons. The Kier molecular flexibility index (Phi) is 22.5. The minimum absolute atomic E-state index is 0.195. The van der Waals surface area contributed by atoms with Crippen LogP contribution in [0.25, 0.3) is 0 Å². The fourth-order valence-electron chi connectivity index (χ4n) is 6.90. The Morgan fingerprint density at radius 1 is 0.395 bits per heavy atom. The van der Waals surface area contributed by atoms with Gasteiger partial charge in [0.15, 0.2) is 0 Å². The molecule has 2 unspecified atom stereocenters. The van der Waals surface area contributed by atoms with Crippen molar-refractivity contribution < 1.29 is 10.2 Å². The fraction of sp³-hybridized carbons (Fsp3) is 1.00. The molecule has 0 aromatic carbocycles. The average Bonchev–Trinajstić information content (AvgIpc) is 3.63. The van der Waals surface area contributed by atoms with Crippen LogP contribution in [0.3, 0.4) is 0 Å². The predicted octanol–water partition coefficient (Wildman–Crippen LogP) is 12.6. The van der Waals surface area contributed by atoms with E-state index in [1.165, 1.54) is 128 Å². The van der Waals surface area contributed by atoms with Gasteiger partial charge in [0.25, 0.3) is 0 Å². The quantitative estimate of drug-likeness (QED) is 0.0587. The van der Waals surface area contributed by atoms with Crippen molar-refractivity contribution in [2.75, 3.05) is 0 Å². The van der Waals surface area contributed by atoms with Gasteiger partial charge in [0.2, 0.25) is 0 Å². The number of nitrogens with zero attached hydrogens (tertiary/aromatic N) is 2. The summed E-state index contributed by atoms with van der Waals surface area (Å²) in [6.07, 6.45) is 33.1. The second-order valence-corrected chi connectivity index (χ2v) is 17.9. The molecule has 0 saturated carbocycles. The maximum absolute atomic E-state index is 12.6. The SMILES string of the molecule is CCCCCCCCC(O)(CCCCCCCC)N1C2SSC(S2)N1C(O)(CCCCCCCC)CCCCCCCC. The largest absolute Gasteiger partial charge is 0.374 e. The third-order valence-electron chi connectivity index (χ3n) is 9.66. The highest BCUT2D eigenvalue weighted by atomic mass is 33.1. The lowest BCUT2D eigenvalue weighted by Gasteiger charge is -2.52. The summed E-state index contributed by atoms with van der Waals surface area (Å²) in [5.41, 5.74) is -1.74. The van der Waals surface area contributed by atoms with Crippen molar-refractivity contribution >= 4 is 33.3 Å². The van der Waals surface area contributed by atoms with E-state index in [4.69, 9.17) is 0 Å². The molecular weight excluding hydrogens is 589 g/mol. The summed E-state index contributed by atoms with van der Waals surface area (Å²) in [7, 11) is 3.83. The van der Waals surface area contributed by atoms with Crippen LogP contribution in [0.15, 0.2) is 0 Å². The minimum Gasteiger partial charge on any atom is -0.374 e. The smallest absolute Gasteiger partial charge is 0.133 e. The van der Waals surface area contributed by atoms with Gasteiger partial charge in [-0.2, -0.15) is 10.0 Å². The number of unbranched alkanes of at least 4 members (excludes halogenated alkanes) is 20. The monoisotopic (exact) mass is 660 g/mol. The Hall–Kier alpha value is 0.890. The van der Waals surface area contributed by atoms with Crippen molar-refractivity contribution in [3.63, 3.8) is 0 Å². The summed E-state index contributed by atoms with van der Waals surface area (Å²) >= 11 is 1.96. The van der Waals surface area contributed by atoms with Gasteiger partial charge in [-0.15, -0.1) is 0 Å². The van der Waals surface area contributed by atoms with Gasteiger partial charge in [0.1, 0.15) is 20.9 Å². The number of hydrogen-bond acceptors (Lipinski definition) is 7. The lowest BCUT2D eigenvalue weighted by atomic mass is 9.94. The number of fused-ring (bicyclic) bond motifs is 2. The van der Waals surface area contributed by atoms with E-state index in [0.717, 1.165) is 51.4 Å². The standard InChI is InChI=1S/C36H72N2O2S3/c1-5-9-13-17-21-25-29-35(39,30-26-22-18-14-10-6-2)37-33-41-34(43-42-33)38(37)36(40,31-27-23-19-15-11-7-3)32-28-24-20-16-12-8-4/h33-34,39-40H,5-32H2,1-4H3. The summed E-state index contributed by atoms with van der Waals surface area (Å²) in [4.78, 5) is 0. The van der Waals surface area contributed by atoms with E-state index in [9.17, 15) is 10.2 Å². The highest BCUT2D eigenvalue weighted by Crippen LogP contribution is 2.64. The van der Waals surface area contributed by atoms with Crippen LogP contribution in [-0.4, -0.2) is 41.1 Å². The molecule has 0 aromatic rings. The second kappa shape index (κ2) is 24.1. The molecule has 0 radical (unpaired) electrons. The summed E-state index contributed by atoms with van der Waals surface area (Å²) in [5, 5.41) is 30.0. The Morgan fingerprint density at radius 3 is 0.884 bits per heavy atom. The number of hydrogen-bond donors (Lipinski definition) is 2. The van der Waals surface area contributed by atoms with Crippen LogP contribution in [0.1, 0.15) is 207 Å². The van der Waals surface area contributed by atoms with E-state index >= 15 is 0 Å². The third-order valence-corrected chi connectivity index (χ3v) is 14.8. The van der Waals surface area contributed by atoms with Gasteiger partial charge in [0, 0.05) is 0 Å². The highest BCUT2D eigenvalue weighted by Gasteiger charge is 2.60. The number of aliphatic hydroxyl groups is 2. The lowest BCUT2D eigenvalue weighted by molar-refractivity contribution is -0.289. The summed E-state index contributed by atoms with van der Waals surface area (Å²) in [6, 6.07) is 0. The molecule has 0 amide bonds. The minimum atomic E-state index is -0.869. The first-order valence-electron chi connectivity index (χ1n) is 19.0. The molecule has 0 aliphatic carbocycles. The van der Waals surface area contributed by atoms with Crippen molar-refractivity contribution in [2.45, 2.75) is 228 Å². The second-order valence-electron chi connectivity index (χ2n) is 13.7. The van der Waals surface area contributed by atoms with E-state index in [1.807, 2.05) is 33.3 Å². The van der Waals surface area contributed by atoms with Crippen molar-refractivity contribution in [3.05, 3.63) is 0 Å². The molecular formula is C36H72N2O2S3. The molecule has 2 atom stereocenters. The first-order chi connectivity index (χ1) is 21.0. The summed E-state index contributed by atoms with van der Waals surface area (Å²) < 4.78 is 0.390. The van der Waals surface area contributed by atoms with Crippen molar-refractivity contribution in [2.24, 2.45) is 0 Å². The molecule has 43 heavy (non-hydrogen) atoms. The normalized spacial score (nSPS) is 19.7. The molecule has 7 heteroatoms. The summed E-state index contributed by atoms with van der Waals surface area (Å²) in [6.45, 7) is 9.12. The Labute approximate surface area is 280 Å². The van der Waals surface area contributed by atoms with Crippen LogP contribution in [0.2, 0.25) is 0 Å².